The summed E-state index contributed by atoms with van der Waals surface area (Å²) in [7, 11) is 0. The molecule has 0 aromatic heterocycles. The highest BCUT2D eigenvalue weighted by Crippen LogP contribution is 2.50. The summed E-state index contributed by atoms with van der Waals surface area (Å²) in [4.78, 5) is 10.6. The first-order chi connectivity index (χ1) is 10.1. The Morgan fingerprint density at radius 1 is 1.14 bits per heavy atom. The highest BCUT2D eigenvalue weighted by molar-refractivity contribution is 5.64. The van der Waals surface area contributed by atoms with E-state index in [0.717, 1.165) is 31.2 Å². The third kappa shape index (κ3) is 3.18. The molecule has 0 bridgehead atoms. The fourth-order valence-electron chi connectivity index (χ4n) is 3.33. The molecule has 2 aliphatic rings. The summed E-state index contributed by atoms with van der Waals surface area (Å²) in [5.74, 6) is 0. The number of hydrogen-bond acceptors (Lipinski definition) is 2. The Bertz CT molecular complexity index is 502. The Morgan fingerprint density at radius 2 is 1.76 bits per heavy atom. The summed E-state index contributed by atoms with van der Waals surface area (Å²) in [5, 5.41) is 14.6. The van der Waals surface area contributed by atoms with Gasteiger partial charge in [0.1, 0.15) is 0 Å². The maximum absolute atomic E-state index is 14.7. The van der Waals surface area contributed by atoms with E-state index in [1.165, 1.54) is 0 Å². The van der Waals surface area contributed by atoms with E-state index in [-0.39, 0.29) is 12.1 Å². The van der Waals surface area contributed by atoms with E-state index in [4.69, 9.17) is 5.11 Å². The average molecular weight is 292 g/mol. The molecular formula is C16H21FN2O2. The smallest absolute Gasteiger partial charge is 0.404 e. The van der Waals surface area contributed by atoms with E-state index in [1.807, 2.05) is 30.3 Å². The predicted octanol–water partition coefficient (Wildman–Crippen LogP) is 2.79. The number of rotatable bonds is 4. The van der Waals surface area contributed by atoms with Gasteiger partial charge in [-0.15, -0.1) is 0 Å². The van der Waals surface area contributed by atoms with Gasteiger partial charge in [-0.3, -0.25) is 0 Å². The Labute approximate surface area is 123 Å². The number of benzene rings is 1. The van der Waals surface area contributed by atoms with Crippen molar-refractivity contribution in [2.75, 3.05) is 0 Å². The minimum Gasteiger partial charge on any atom is -0.465 e. The van der Waals surface area contributed by atoms with Gasteiger partial charge in [-0.1, -0.05) is 30.3 Å². The second-order valence-corrected chi connectivity index (χ2v) is 6.15. The van der Waals surface area contributed by atoms with Crippen LogP contribution in [-0.4, -0.2) is 29.3 Å². The number of carboxylic acid groups (broad SMARTS) is 1. The van der Waals surface area contributed by atoms with Crippen LogP contribution < -0.4 is 10.6 Å². The molecule has 3 rings (SSSR count). The zero-order chi connectivity index (χ0) is 14.9. The van der Waals surface area contributed by atoms with Crippen molar-refractivity contribution in [2.45, 2.75) is 55.9 Å². The lowest BCUT2D eigenvalue weighted by molar-refractivity contribution is 0.183. The molecule has 1 aromatic rings. The first-order valence-corrected chi connectivity index (χ1v) is 7.58. The Morgan fingerprint density at radius 3 is 2.38 bits per heavy atom. The fourth-order valence-corrected chi connectivity index (χ4v) is 3.33. The van der Waals surface area contributed by atoms with Gasteiger partial charge in [-0.05, 0) is 31.2 Å². The van der Waals surface area contributed by atoms with E-state index in [9.17, 15) is 9.18 Å². The highest BCUT2D eigenvalue weighted by atomic mass is 19.1. The van der Waals surface area contributed by atoms with Crippen LogP contribution in [0.1, 0.15) is 37.7 Å². The van der Waals surface area contributed by atoms with Gasteiger partial charge in [0.2, 0.25) is 0 Å². The van der Waals surface area contributed by atoms with Crippen LogP contribution in [0.25, 0.3) is 0 Å². The van der Waals surface area contributed by atoms with Gasteiger partial charge in [0, 0.05) is 24.5 Å². The normalized spacial score (nSPS) is 35.2. The van der Waals surface area contributed by atoms with E-state index in [1.54, 1.807) is 0 Å². The number of nitrogens with one attached hydrogen (secondary N) is 2. The van der Waals surface area contributed by atoms with Crippen LogP contribution >= 0.6 is 0 Å². The molecule has 0 aliphatic heterocycles. The Hall–Kier alpha value is -1.62. The molecule has 0 saturated heterocycles. The van der Waals surface area contributed by atoms with Crippen LogP contribution in [0.3, 0.4) is 0 Å². The molecule has 5 heteroatoms. The zero-order valence-corrected chi connectivity index (χ0v) is 11.9. The molecule has 2 aliphatic carbocycles. The molecule has 1 amide bonds. The van der Waals surface area contributed by atoms with Crippen LogP contribution in [0, 0.1) is 0 Å². The van der Waals surface area contributed by atoms with Crippen LogP contribution in [-0.2, 0) is 5.67 Å². The molecule has 0 spiro atoms. The second kappa shape index (κ2) is 5.64. The van der Waals surface area contributed by atoms with Crippen molar-refractivity contribution >= 4 is 6.09 Å². The van der Waals surface area contributed by atoms with E-state index >= 15 is 0 Å². The van der Waals surface area contributed by atoms with Gasteiger partial charge < -0.3 is 15.7 Å². The molecule has 114 valence electrons. The molecule has 1 aromatic carbocycles. The molecule has 0 heterocycles. The monoisotopic (exact) mass is 292 g/mol. The molecule has 0 unspecified atom stereocenters. The molecule has 2 fully saturated rings. The van der Waals surface area contributed by atoms with E-state index < -0.39 is 11.8 Å². The lowest BCUT2D eigenvalue weighted by atomic mass is 9.91. The topological polar surface area (TPSA) is 61.4 Å². The second-order valence-electron chi connectivity index (χ2n) is 6.15. The molecule has 3 N–H and O–H groups in total. The summed E-state index contributed by atoms with van der Waals surface area (Å²) < 4.78 is 14.7. The lowest BCUT2D eigenvalue weighted by Crippen LogP contribution is -2.43. The van der Waals surface area contributed by atoms with Crippen molar-refractivity contribution < 1.29 is 14.3 Å². The third-order valence-corrected chi connectivity index (χ3v) is 4.64. The van der Waals surface area contributed by atoms with Crippen molar-refractivity contribution in [1.29, 1.82) is 0 Å². The summed E-state index contributed by atoms with van der Waals surface area (Å²) >= 11 is 0. The largest absolute Gasteiger partial charge is 0.465 e. The average Bonchev–Trinajstić information content (AvgIpc) is 3.13. The van der Waals surface area contributed by atoms with Gasteiger partial charge in [0.25, 0.3) is 0 Å². The van der Waals surface area contributed by atoms with E-state index in [2.05, 4.69) is 10.6 Å². The van der Waals surface area contributed by atoms with Gasteiger partial charge in [0.05, 0.1) is 0 Å². The fraction of sp³-hybridized carbons (Fsp3) is 0.562. The number of halogens is 1. The minimum absolute atomic E-state index is 0.0454. The Kier molecular flexibility index (Phi) is 3.85. The van der Waals surface area contributed by atoms with Crippen LogP contribution in [0.5, 0.6) is 0 Å². The first kappa shape index (κ1) is 14.3. The standard InChI is InChI=1S/C16H21FN2O2/c17-16(11-4-2-1-3-5-11)10-14(16)18-12-6-8-13(9-7-12)19-15(20)21/h1-5,12-14,18-19H,6-10H2,(H,20,21)/t12?,13?,14-,16-/m1/s1. The van der Waals surface area contributed by atoms with E-state index in [0.29, 0.717) is 12.5 Å². The zero-order valence-electron chi connectivity index (χ0n) is 11.9. The van der Waals surface area contributed by atoms with Crippen LogP contribution in [0.4, 0.5) is 9.18 Å². The molecule has 2 atom stereocenters. The molecule has 4 nitrogen and oxygen atoms in total. The summed E-state index contributed by atoms with van der Waals surface area (Å²) in [6, 6.07) is 9.56. The SMILES string of the molecule is O=C(O)NC1CCC(N[C@@H]2C[C@@]2(F)c2ccccc2)CC1. The molecule has 21 heavy (non-hydrogen) atoms. The molecule has 2 saturated carbocycles. The summed E-state index contributed by atoms with van der Waals surface area (Å²) in [6.45, 7) is 0. The number of amides is 1. The van der Waals surface area contributed by atoms with Crippen molar-refractivity contribution in [2.24, 2.45) is 0 Å². The van der Waals surface area contributed by atoms with Crippen molar-refractivity contribution in [3.05, 3.63) is 35.9 Å². The van der Waals surface area contributed by atoms with Gasteiger partial charge in [0.15, 0.2) is 5.67 Å². The van der Waals surface area contributed by atoms with Crippen LogP contribution in [0.15, 0.2) is 30.3 Å². The quantitative estimate of drug-likeness (QED) is 0.799. The third-order valence-electron chi connectivity index (χ3n) is 4.64. The van der Waals surface area contributed by atoms with Crippen molar-refractivity contribution in [3.8, 4) is 0 Å². The molecular weight excluding hydrogens is 271 g/mol. The molecule has 0 radical (unpaired) electrons. The first-order valence-electron chi connectivity index (χ1n) is 7.58. The van der Waals surface area contributed by atoms with Gasteiger partial charge in [-0.25, -0.2) is 9.18 Å². The maximum Gasteiger partial charge on any atom is 0.404 e. The number of hydrogen-bond donors (Lipinski definition) is 3. The highest BCUT2D eigenvalue weighted by Gasteiger charge is 2.57. The maximum atomic E-state index is 14.7. The van der Waals surface area contributed by atoms with Gasteiger partial charge >= 0.3 is 6.09 Å². The summed E-state index contributed by atoms with van der Waals surface area (Å²) in [5.41, 5.74) is -0.471. The summed E-state index contributed by atoms with van der Waals surface area (Å²) in [6.07, 6.45) is 3.01. The van der Waals surface area contributed by atoms with Gasteiger partial charge in [-0.2, -0.15) is 0 Å². The minimum atomic E-state index is -1.22. The number of carbonyl (C=O) groups is 1. The Balaban J connectivity index is 1.48. The number of alkyl halides is 1. The lowest BCUT2D eigenvalue weighted by Gasteiger charge is -2.29. The van der Waals surface area contributed by atoms with Crippen LogP contribution in [0.2, 0.25) is 0 Å². The van der Waals surface area contributed by atoms with Crippen molar-refractivity contribution in [1.82, 2.24) is 10.6 Å². The van der Waals surface area contributed by atoms with Crippen molar-refractivity contribution in [3.63, 3.8) is 0 Å². The predicted molar refractivity (Wildman–Crippen MR) is 78.0 cm³/mol.